The summed E-state index contributed by atoms with van der Waals surface area (Å²) in [5, 5.41) is 0. The third-order valence-electron chi connectivity index (χ3n) is 1.12. The monoisotopic (exact) mass is 121 g/mol. The predicted octanol–water partition coefficient (Wildman–Crippen LogP) is 1.10. The first kappa shape index (κ1) is 5.95. The first-order valence-electron chi connectivity index (χ1n) is 2.73. The van der Waals surface area contributed by atoms with Crippen molar-refractivity contribution in [3.8, 4) is 0 Å². The fourth-order valence-corrected chi connectivity index (χ4v) is 0.642. The SMILES string of the molecule is C=CC(=O)C1=NC=CC1. The molecule has 1 rings (SSSR count). The second-order valence-electron chi connectivity index (χ2n) is 1.73. The standard InChI is InChI=1S/C7H7NO/c1-2-7(9)6-4-3-5-8-6/h2-3,5H,1,4H2. The van der Waals surface area contributed by atoms with Gasteiger partial charge in [0.2, 0.25) is 0 Å². The van der Waals surface area contributed by atoms with E-state index in [0.717, 1.165) is 0 Å². The Morgan fingerprint density at radius 3 is 3.11 bits per heavy atom. The van der Waals surface area contributed by atoms with Gasteiger partial charge in [0.25, 0.3) is 0 Å². The number of nitrogens with zero attached hydrogens (tertiary/aromatic N) is 1. The molecule has 0 atom stereocenters. The number of aliphatic imine (C=N–C) groups is 1. The lowest BCUT2D eigenvalue weighted by Gasteiger charge is -1.88. The molecule has 0 bridgehead atoms. The van der Waals surface area contributed by atoms with Crippen LogP contribution in [0.4, 0.5) is 0 Å². The summed E-state index contributed by atoms with van der Waals surface area (Å²) in [6, 6.07) is 0. The van der Waals surface area contributed by atoms with Gasteiger partial charge < -0.3 is 0 Å². The minimum Gasteiger partial charge on any atom is -0.288 e. The summed E-state index contributed by atoms with van der Waals surface area (Å²) in [7, 11) is 0. The molecule has 0 saturated heterocycles. The Balaban J connectivity index is 2.65. The van der Waals surface area contributed by atoms with E-state index in [4.69, 9.17) is 0 Å². The number of carbonyl (C=O) groups is 1. The van der Waals surface area contributed by atoms with Gasteiger partial charge in [0.05, 0.1) is 5.71 Å². The third kappa shape index (κ3) is 1.13. The second-order valence-corrected chi connectivity index (χ2v) is 1.73. The highest BCUT2D eigenvalue weighted by Gasteiger charge is 2.06. The molecule has 0 unspecified atom stereocenters. The van der Waals surface area contributed by atoms with E-state index in [0.29, 0.717) is 12.1 Å². The zero-order valence-electron chi connectivity index (χ0n) is 5.00. The molecule has 0 saturated carbocycles. The van der Waals surface area contributed by atoms with Gasteiger partial charge in [-0.3, -0.25) is 9.79 Å². The minimum absolute atomic E-state index is 0.0694. The van der Waals surface area contributed by atoms with Crippen LogP contribution < -0.4 is 0 Å². The van der Waals surface area contributed by atoms with Crippen LogP contribution >= 0.6 is 0 Å². The average molecular weight is 121 g/mol. The fourth-order valence-electron chi connectivity index (χ4n) is 0.642. The fraction of sp³-hybridized carbons (Fsp3) is 0.143. The molecule has 1 aliphatic heterocycles. The Bertz CT molecular complexity index is 201. The van der Waals surface area contributed by atoms with E-state index in [1.165, 1.54) is 6.08 Å². The van der Waals surface area contributed by atoms with Crippen LogP contribution in [0.3, 0.4) is 0 Å². The van der Waals surface area contributed by atoms with Crippen molar-refractivity contribution in [1.82, 2.24) is 0 Å². The van der Waals surface area contributed by atoms with Crippen LogP contribution in [0.1, 0.15) is 6.42 Å². The van der Waals surface area contributed by atoms with E-state index in [2.05, 4.69) is 11.6 Å². The van der Waals surface area contributed by atoms with Crippen molar-refractivity contribution in [1.29, 1.82) is 0 Å². The molecule has 0 spiro atoms. The van der Waals surface area contributed by atoms with Crippen molar-refractivity contribution in [2.75, 3.05) is 0 Å². The first-order valence-corrected chi connectivity index (χ1v) is 2.73. The molecule has 2 heteroatoms. The van der Waals surface area contributed by atoms with Crippen LogP contribution in [0.2, 0.25) is 0 Å². The number of rotatable bonds is 2. The van der Waals surface area contributed by atoms with Gasteiger partial charge in [-0.15, -0.1) is 0 Å². The van der Waals surface area contributed by atoms with Gasteiger partial charge in [-0.25, -0.2) is 0 Å². The maximum Gasteiger partial charge on any atom is 0.199 e. The Morgan fingerprint density at radius 2 is 2.67 bits per heavy atom. The molecule has 1 heterocycles. The molecule has 0 amide bonds. The van der Waals surface area contributed by atoms with Gasteiger partial charge in [-0.2, -0.15) is 0 Å². The summed E-state index contributed by atoms with van der Waals surface area (Å²) >= 11 is 0. The summed E-state index contributed by atoms with van der Waals surface area (Å²) in [5.74, 6) is -0.0694. The Morgan fingerprint density at radius 1 is 1.89 bits per heavy atom. The predicted molar refractivity (Wildman–Crippen MR) is 36.4 cm³/mol. The molecular formula is C7H7NO. The quantitative estimate of drug-likeness (QED) is 0.503. The van der Waals surface area contributed by atoms with Gasteiger partial charge in [0.15, 0.2) is 5.78 Å². The largest absolute Gasteiger partial charge is 0.288 e. The third-order valence-corrected chi connectivity index (χ3v) is 1.12. The molecule has 0 aromatic rings. The van der Waals surface area contributed by atoms with Crippen molar-refractivity contribution in [2.24, 2.45) is 4.99 Å². The molecule has 0 aliphatic carbocycles. The summed E-state index contributed by atoms with van der Waals surface area (Å²) in [6.45, 7) is 3.35. The van der Waals surface area contributed by atoms with Crippen LogP contribution in [0.5, 0.6) is 0 Å². The van der Waals surface area contributed by atoms with Crippen molar-refractivity contribution in [3.05, 3.63) is 24.9 Å². The van der Waals surface area contributed by atoms with Crippen LogP contribution in [0.25, 0.3) is 0 Å². The molecule has 0 fully saturated rings. The molecular weight excluding hydrogens is 114 g/mol. The van der Waals surface area contributed by atoms with Crippen LogP contribution in [-0.2, 0) is 4.79 Å². The van der Waals surface area contributed by atoms with Crippen LogP contribution in [-0.4, -0.2) is 11.5 Å². The lowest BCUT2D eigenvalue weighted by atomic mass is 10.2. The van der Waals surface area contributed by atoms with Crippen LogP contribution in [0.15, 0.2) is 29.9 Å². The van der Waals surface area contributed by atoms with E-state index in [1.807, 2.05) is 6.08 Å². The number of carbonyl (C=O) groups excluding carboxylic acids is 1. The maximum absolute atomic E-state index is 10.7. The first-order chi connectivity index (χ1) is 4.34. The molecule has 46 valence electrons. The lowest BCUT2D eigenvalue weighted by molar-refractivity contribution is -0.108. The summed E-state index contributed by atoms with van der Waals surface area (Å²) < 4.78 is 0. The highest BCUT2D eigenvalue weighted by atomic mass is 16.1. The molecule has 0 radical (unpaired) electrons. The molecule has 0 N–H and O–H groups in total. The highest BCUT2D eigenvalue weighted by Crippen LogP contribution is 2.00. The van der Waals surface area contributed by atoms with Crippen molar-refractivity contribution in [2.45, 2.75) is 6.42 Å². The Kier molecular flexibility index (Phi) is 1.58. The number of hydrogen-bond acceptors (Lipinski definition) is 2. The number of hydrogen-bond donors (Lipinski definition) is 0. The van der Waals surface area contributed by atoms with E-state index in [-0.39, 0.29) is 5.78 Å². The van der Waals surface area contributed by atoms with E-state index < -0.39 is 0 Å². The molecule has 9 heavy (non-hydrogen) atoms. The van der Waals surface area contributed by atoms with Crippen LogP contribution in [0, 0.1) is 0 Å². The zero-order chi connectivity index (χ0) is 6.69. The van der Waals surface area contributed by atoms with E-state index in [1.54, 1.807) is 6.20 Å². The Labute approximate surface area is 53.6 Å². The average Bonchev–Trinajstić information content (AvgIpc) is 2.37. The Hall–Kier alpha value is -1.18. The van der Waals surface area contributed by atoms with E-state index >= 15 is 0 Å². The van der Waals surface area contributed by atoms with Crippen molar-refractivity contribution >= 4 is 11.5 Å². The van der Waals surface area contributed by atoms with Crippen molar-refractivity contribution in [3.63, 3.8) is 0 Å². The second kappa shape index (κ2) is 2.40. The van der Waals surface area contributed by atoms with Gasteiger partial charge in [0.1, 0.15) is 0 Å². The topological polar surface area (TPSA) is 29.4 Å². The summed E-state index contributed by atoms with van der Waals surface area (Å²) in [5.41, 5.74) is 0.588. The van der Waals surface area contributed by atoms with Crippen molar-refractivity contribution < 1.29 is 4.79 Å². The smallest absolute Gasteiger partial charge is 0.199 e. The molecule has 0 aromatic heterocycles. The molecule has 1 aliphatic rings. The summed E-state index contributed by atoms with van der Waals surface area (Å²) in [4.78, 5) is 14.5. The summed E-state index contributed by atoms with van der Waals surface area (Å²) in [6.07, 6.45) is 5.42. The molecule has 2 nitrogen and oxygen atoms in total. The maximum atomic E-state index is 10.7. The highest BCUT2D eigenvalue weighted by molar-refractivity contribution is 6.44. The van der Waals surface area contributed by atoms with E-state index in [9.17, 15) is 4.79 Å². The molecule has 0 aromatic carbocycles. The number of ketones is 1. The van der Waals surface area contributed by atoms with Gasteiger partial charge in [-0.05, 0) is 6.08 Å². The van der Waals surface area contributed by atoms with Gasteiger partial charge in [0, 0.05) is 12.6 Å². The van der Waals surface area contributed by atoms with Gasteiger partial charge in [-0.1, -0.05) is 12.7 Å². The van der Waals surface area contributed by atoms with Gasteiger partial charge >= 0.3 is 0 Å². The minimum atomic E-state index is -0.0694. The normalized spacial score (nSPS) is 15.3. The number of allylic oxidation sites excluding steroid dienone is 2. The lowest BCUT2D eigenvalue weighted by Crippen LogP contribution is -2.06. The zero-order valence-corrected chi connectivity index (χ0v) is 5.00.